The molecule has 52 heavy (non-hydrogen) atoms. The number of sulfonamides is 1. The second-order valence-corrected chi connectivity index (χ2v) is 14.8. The SMILES string of the molecule is CCCCc1nc(C)c(CC(=O)N2CCNCC2)c(=O)n1Cc1ccc(-c2ccccc2S(=O)(=O)N(COC)c2noc(C)c2C)c(COCC)c1. The van der Waals surface area contributed by atoms with Gasteiger partial charge in [-0.3, -0.25) is 14.2 Å². The molecule has 5 rings (SSSR count). The number of unbranched alkanes of at least 4 members (excludes halogenated alkanes) is 1. The fourth-order valence-electron chi connectivity index (χ4n) is 6.38. The second kappa shape index (κ2) is 17.4. The van der Waals surface area contributed by atoms with E-state index < -0.39 is 10.0 Å². The summed E-state index contributed by atoms with van der Waals surface area (Å²) in [7, 11) is -2.77. The van der Waals surface area contributed by atoms with Crippen LogP contribution in [0.25, 0.3) is 11.1 Å². The van der Waals surface area contributed by atoms with Crippen LogP contribution in [0.3, 0.4) is 0 Å². The van der Waals surface area contributed by atoms with Gasteiger partial charge in [0, 0.05) is 68.7 Å². The topological polar surface area (TPSA) is 149 Å². The average Bonchev–Trinajstić information content (AvgIpc) is 3.48. The van der Waals surface area contributed by atoms with E-state index in [0.717, 1.165) is 41.4 Å². The third-order valence-corrected chi connectivity index (χ3v) is 11.2. The lowest BCUT2D eigenvalue weighted by Crippen LogP contribution is -2.47. The maximum Gasteiger partial charge on any atom is 0.268 e. The lowest BCUT2D eigenvalue weighted by Gasteiger charge is -2.27. The summed E-state index contributed by atoms with van der Waals surface area (Å²) in [6.45, 7) is 12.6. The Kier molecular flexibility index (Phi) is 13.0. The van der Waals surface area contributed by atoms with Crippen molar-refractivity contribution in [3.05, 3.63) is 92.4 Å². The third-order valence-electron chi connectivity index (χ3n) is 9.43. The molecule has 14 heteroatoms. The summed E-state index contributed by atoms with van der Waals surface area (Å²) < 4.78 is 48.1. The molecule has 0 saturated carbocycles. The van der Waals surface area contributed by atoms with E-state index in [1.165, 1.54) is 7.11 Å². The van der Waals surface area contributed by atoms with Gasteiger partial charge in [-0.25, -0.2) is 17.7 Å². The van der Waals surface area contributed by atoms with Crippen LogP contribution in [0.15, 0.2) is 56.7 Å². The second-order valence-electron chi connectivity index (χ2n) is 13.0. The Balaban J connectivity index is 1.56. The zero-order chi connectivity index (χ0) is 37.4. The predicted octanol–water partition coefficient (Wildman–Crippen LogP) is 4.52. The molecule has 1 amide bonds. The monoisotopic (exact) mass is 734 g/mol. The van der Waals surface area contributed by atoms with E-state index in [4.69, 9.17) is 19.0 Å². The highest BCUT2D eigenvalue weighted by atomic mass is 32.2. The van der Waals surface area contributed by atoms with Crippen molar-refractivity contribution < 1.29 is 27.2 Å². The van der Waals surface area contributed by atoms with Gasteiger partial charge in [0.15, 0.2) is 5.82 Å². The Bertz CT molecular complexity index is 2040. The Hall–Kier alpha value is -4.37. The fourth-order valence-corrected chi connectivity index (χ4v) is 7.97. The van der Waals surface area contributed by atoms with Gasteiger partial charge < -0.3 is 24.2 Å². The van der Waals surface area contributed by atoms with E-state index in [1.807, 2.05) is 25.1 Å². The summed E-state index contributed by atoms with van der Waals surface area (Å²) in [6.07, 6.45) is 2.42. The van der Waals surface area contributed by atoms with Gasteiger partial charge in [-0.05, 0) is 56.9 Å². The van der Waals surface area contributed by atoms with Gasteiger partial charge >= 0.3 is 0 Å². The van der Waals surface area contributed by atoms with Gasteiger partial charge in [-0.15, -0.1) is 0 Å². The van der Waals surface area contributed by atoms with Gasteiger partial charge in [0.2, 0.25) is 5.91 Å². The van der Waals surface area contributed by atoms with E-state index in [2.05, 4.69) is 17.4 Å². The number of hydrogen-bond acceptors (Lipinski definition) is 10. The number of benzene rings is 2. The first-order valence-corrected chi connectivity index (χ1v) is 19.3. The number of piperazine rings is 1. The van der Waals surface area contributed by atoms with Crippen LogP contribution in [-0.4, -0.2) is 80.6 Å². The molecule has 3 heterocycles. The maximum absolute atomic E-state index is 14.4. The lowest BCUT2D eigenvalue weighted by atomic mass is 9.97. The summed E-state index contributed by atoms with van der Waals surface area (Å²) >= 11 is 0. The van der Waals surface area contributed by atoms with Crippen LogP contribution in [0.1, 0.15) is 66.2 Å². The van der Waals surface area contributed by atoms with Crippen LogP contribution < -0.4 is 15.2 Å². The Labute approximate surface area is 306 Å². The third kappa shape index (κ3) is 8.46. The normalized spacial score (nSPS) is 13.5. The number of hydrogen-bond donors (Lipinski definition) is 1. The number of ether oxygens (including phenoxy) is 2. The highest BCUT2D eigenvalue weighted by molar-refractivity contribution is 7.93. The van der Waals surface area contributed by atoms with Crippen LogP contribution >= 0.6 is 0 Å². The standard InChI is InChI=1S/C38H50N6O7S/c1-7-9-14-35-40-27(4)33(22-36(45)42-19-17-39-18-20-42)38(46)43(35)23-29-15-16-31(30(21-29)24-50-8-2)32-12-10-11-13-34(32)52(47,48)44(25-49-6)37-26(3)28(5)51-41-37/h10-13,15-16,21,39H,7-9,14,17-20,22-25H2,1-6H3. The highest BCUT2D eigenvalue weighted by Crippen LogP contribution is 2.35. The molecule has 1 N–H and O–H groups in total. The molecule has 0 atom stereocenters. The lowest BCUT2D eigenvalue weighted by molar-refractivity contribution is -0.131. The smallest absolute Gasteiger partial charge is 0.268 e. The maximum atomic E-state index is 14.4. The summed E-state index contributed by atoms with van der Waals surface area (Å²) in [6, 6.07) is 12.5. The number of amides is 1. The van der Waals surface area contributed by atoms with Crippen molar-refractivity contribution in [1.29, 1.82) is 0 Å². The van der Waals surface area contributed by atoms with E-state index >= 15 is 0 Å². The number of methoxy groups -OCH3 is 1. The largest absolute Gasteiger partial charge is 0.377 e. The van der Waals surface area contributed by atoms with Crippen LogP contribution in [-0.2, 0) is 50.3 Å². The number of nitrogens with one attached hydrogen (secondary N) is 1. The van der Waals surface area contributed by atoms with E-state index in [1.54, 1.807) is 54.5 Å². The van der Waals surface area contributed by atoms with Gasteiger partial charge in [0.05, 0.1) is 24.5 Å². The zero-order valence-electron chi connectivity index (χ0n) is 31.0. The molecule has 0 radical (unpaired) electrons. The number of aryl methyl sites for hydroxylation is 3. The van der Waals surface area contributed by atoms with Crippen molar-refractivity contribution in [3.8, 4) is 11.1 Å². The minimum Gasteiger partial charge on any atom is -0.377 e. The van der Waals surface area contributed by atoms with Crippen molar-refractivity contribution in [2.45, 2.75) is 78.3 Å². The number of carbonyl (C=O) groups excluding carboxylic acids is 1. The minimum absolute atomic E-state index is 0.000961. The molecule has 0 spiro atoms. The molecular weight excluding hydrogens is 685 g/mol. The Morgan fingerprint density at radius 1 is 1.06 bits per heavy atom. The quantitative estimate of drug-likeness (QED) is 0.163. The Morgan fingerprint density at radius 3 is 2.48 bits per heavy atom. The number of rotatable bonds is 16. The molecule has 13 nitrogen and oxygen atoms in total. The molecule has 0 unspecified atom stereocenters. The molecular formula is C38H50N6O7S. The van der Waals surface area contributed by atoms with Gasteiger partial charge in [0.25, 0.3) is 15.6 Å². The number of nitrogens with zero attached hydrogens (tertiary/aromatic N) is 5. The van der Waals surface area contributed by atoms with Crippen molar-refractivity contribution in [2.24, 2.45) is 0 Å². The summed E-state index contributed by atoms with van der Waals surface area (Å²) in [5, 5.41) is 7.29. The number of carbonyl (C=O) groups is 1. The molecule has 0 aliphatic carbocycles. The van der Waals surface area contributed by atoms with Gasteiger partial charge in [0.1, 0.15) is 18.3 Å². The van der Waals surface area contributed by atoms with Crippen molar-refractivity contribution in [2.75, 3.05) is 50.9 Å². The van der Waals surface area contributed by atoms with Crippen LogP contribution in [0.4, 0.5) is 5.82 Å². The van der Waals surface area contributed by atoms with Gasteiger partial charge in [-0.2, -0.15) is 0 Å². The molecule has 2 aromatic heterocycles. The number of aromatic nitrogens is 3. The highest BCUT2D eigenvalue weighted by Gasteiger charge is 2.32. The first-order chi connectivity index (χ1) is 25.0. The Morgan fingerprint density at radius 2 is 1.81 bits per heavy atom. The van der Waals surface area contributed by atoms with Crippen LogP contribution in [0.2, 0.25) is 0 Å². The molecule has 1 fully saturated rings. The molecule has 0 bridgehead atoms. The summed E-state index contributed by atoms with van der Waals surface area (Å²) in [5.74, 6) is 1.26. The predicted molar refractivity (Wildman–Crippen MR) is 199 cm³/mol. The molecule has 1 saturated heterocycles. The molecule has 4 aromatic rings. The first-order valence-electron chi connectivity index (χ1n) is 17.8. The number of anilines is 1. The molecule has 1 aliphatic rings. The molecule has 2 aromatic carbocycles. The first kappa shape index (κ1) is 38.9. The van der Waals surface area contributed by atoms with Crippen molar-refractivity contribution >= 4 is 21.7 Å². The molecule has 1 aliphatic heterocycles. The fraction of sp³-hybridized carbons (Fsp3) is 0.474. The summed E-state index contributed by atoms with van der Waals surface area (Å²) in [4.78, 5) is 34.1. The zero-order valence-corrected chi connectivity index (χ0v) is 31.8. The van der Waals surface area contributed by atoms with Crippen molar-refractivity contribution in [3.63, 3.8) is 0 Å². The average molecular weight is 735 g/mol. The van der Waals surface area contributed by atoms with E-state index in [-0.39, 0.29) is 48.5 Å². The van der Waals surface area contributed by atoms with Crippen LogP contribution in [0, 0.1) is 20.8 Å². The minimum atomic E-state index is -4.19. The van der Waals surface area contributed by atoms with E-state index in [0.29, 0.717) is 65.6 Å². The van der Waals surface area contributed by atoms with Crippen molar-refractivity contribution in [1.82, 2.24) is 24.9 Å². The van der Waals surface area contributed by atoms with E-state index in [9.17, 15) is 18.0 Å². The molecule has 280 valence electrons. The van der Waals surface area contributed by atoms with Gasteiger partial charge in [-0.1, -0.05) is 54.9 Å². The summed E-state index contributed by atoms with van der Waals surface area (Å²) in [5.41, 5.74) is 4.09. The van der Waals surface area contributed by atoms with Crippen LogP contribution in [0.5, 0.6) is 0 Å².